The normalized spacial score (nSPS) is 10.4. The lowest BCUT2D eigenvalue weighted by Gasteiger charge is -2.14. The van der Waals surface area contributed by atoms with Crippen molar-refractivity contribution in [3.05, 3.63) is 72.3 Å². The fraction of sp³-hybridized carbons (Fsp3) is 0.0500. The van der Waals surface area contributed by atoms with Gasteiger partial charge in [-0.05, 0) is 41.0 Å². The second-order valence-corrected chi connectivity index (χ2v) is 6.21. The Balaban J connectivity index is 2.20. The monoisotopic (exact) mass is 349 g/mol. The van der Waals surface area contributed by atoms with Crippen LogP contribution < -0.4 is 16.2 Å². The van der Waals surface area contributed by atoms with Crippen molar-refractivity contribution in [2.24, 2.45) is 5.73 Å². The predicted molar refractivity (Wildman–Crippen MR) is 107 cm³/mol. The van der Waals surface area contributed by atoms with Gasteiger partial charge in [0.05, 0.1) is 11.3 Å². The molecular formula is C20H19N3OS. The molecule has 126 valence electrons. The maximum atomic E-state index is 11.9. The number of nitrogens with two attached hydrogens (primary N) is 2. The summed E-state index contributed by atoms with van der Waals surface area (Å²) in [4.78, 5) is 11.9. The second-order valence-electron chi connectivity index (χ2n) is 5.60. The molecule has 5 heteroatoms. The maximum Gasteiger partial charge on any atom is 0.250 e. The Morgan fingerprint density at radius 2 is 1.64 bits per heavy atom. The topological polar surface area (TPSA) is 81.1 Å². The molecule has 0 bridgehead atoms. The molecule has 3 rings (SSSR count). The van der Waals surface area contributed by atoms with Crippen LogP contribution in [-0.2, 0) is 0 Å². The number of carbonyl (C=O) groups is 1. The largest absolute Gasteiger partial charge is 0.398 e. The summed E-state index contributed by atoms with van der Waals surface area (Å²) in [6.45, 7) is 0. The Labute approximate surface area is 151 Å². The minimum absolute atomic E-state index is 0.333. The summed E-state index contributed by atoms with van der Waals surface area (Å²) in [5.41, 5.74) is 17.1. The van der Waals surface area contributed by atoms with Crippen LogP contribution in [0.5, 0.6) is 0 Å². The number of anilines is 2. The number of nitrogen functional groups attached to an aromatic ring is 1. The van der Waals surface area contributed by atoms with Gasteiger partial charge in [-0.2, -0.15) is 0 Å². The molecule has 0 saturated heterocycles. The van der Waals surface area contributed by atoms with Gasteiger partial charge >= 0.3 is 0 Å². The number of rotatable bonds is 5. The van der Waals surface area contributed by atoms with Crippen molar-refractivity contribution in [3.8, 4) is 22.3 Å². The summed E-state index contributed by atoms with van der Waals surface area (Å²) in [6.07, 6.45) is 1.96. The van der Waals surface area contributed by atoms with Crippen molar-refractivity contribution in [3.63, 3.8) is 0 Å². The van der Waals surface area contributed by atoms with Gasteiger partial charge in [-0.3, -0.25) is 4.79 Å². The molecule has 3 aromatic rings. The van der Waals surface area contributed by atoms with Crippen LogP contribution in [0.3, 0.4) is 0 Å². The fourth-order valence-electron chi connectivity index (χ4n) is 2.76. The van der Waals surface area contributed by atoms with E-state index in [-0.39, 0.29) is 0 Å². The predicted octanol–water partition coefficient (Wildman–Crippen LogP) is 4.39. The molecule has 0 saturated carbocycles. The number of nitrogens with one attached hydrogen (secondary N) is 1. The van der Waals surface area contributed by atoms with Gasteiger partial charge in [0, 0.05) is 17.5 Å². The van der Waals surface area contributed by atoms with Crippen molar-refractivity contribution in [2.75, 3.05) is 16.7 Å². The first-order valence-electron chi connectivity index (χ1n) is 7.78. The molecule has 4 nitrogen and oxygen atoms in total. The lowest BCUT2D eigenvalue weighted by atomic mass is 9.93. The van der Waals surface area contributed by atoms with E-state index in [1.807, 2.05) is 66.9 Å². The van der Waals surface area contributed by atoms with Gasteiger partial charge in [0.1, 0.15) is 0 Å². The molecule has 0 aliphatic heterocycles. The van der Waals surface area contributed by atoms with Crippen LogP contribution in [0.1, 0.15) is 10.4 Å². The second kappa shape index (κ2) is 7.32. The van der Waals surface area contributed by atoms with Gasteiger partial charge in [-0.15, -0.1) is 0 Å². The SMILES string of the molecule is CSNc1cccc(-c2cc(-c3ccccc3)cc(C(N)=O)c2N)c1. The molecule has 0 unspecified atom stereocenters. The molecule has 0 heterocycles. The Hall–Kier alpha value is -2.92. The lowest BCUT2D eigenvalue weighted by Crippen LogP contribution is -2.14. The average Bonchev–Trinajstić information content (AvgIpc) is 2.63. The number of carbonyl (C=O) groups excluding carboxylic acids is 1. The maximum absolute atomic E-state index is 11.9. The molecule has 0 aliphatic carbocycles. The van der Waals surface area contributed by atoms with Crippen LogP contribution in [0.4, 0.5) is 11.4 Å². The summed E-state index contributed by atoms with van der Waals surface area (Å²) >= 11 is 1.52. The van der Waals surface area contributed by atoms with Gasteiger partial charge in [0.25, 0.3) is 5.91 Å². The molecule has 0 radical (unpaired) electrons. The van der Waals surface area contributed by atoms with Crippen LogP contribution >= 0.6 is 11.9 Å². The van der Waals surface area contributed by atoms with Crippen molar-refractivity contribution >= 4 is 29.2 Å². The van der Waals surface area contributed by atoms with E-state index in [1.54, 1.807) is 6.07 Å². The minimum atomic E-state index is -0.532. The van der Waals surface area contributed by atoms with Crippen molar-refractivity contribution in [2.45, 2.75) is 0 Å². The van der Waals surface area contributed by atoms with E-state index in [1.165, 1.54) is 11.9 Å². The molecule has 0 aliphatic rings. The number of primary amides is 1. The standard InChI is InChI=1S/C20H19N3OS/c1-25-23-16-9-5-8-14(10-16)17-11-15(13-6-3-2-4-7-13)12-18(19(17)21)20(22)24/h2-12,23H,21H2,1H3,(H2,22,24). The van der Waals surface area contributed by atoms with Crippen LogP contribution in [0.15, 0.2) is 66.7 Å². The highest BCUT2D eigenvalue weighted by molar-refractivity contribution is 7.99. The molecule has 0 spiro atoms. The average molecular weight is 349 g/mol. The van der Waals surface area contributed by atoms with Gasteiger partial charge in [-0.25, -0.2) is 0 Å². The Bertz CT molecular complexity index is 910. The van der Waals surface area contributed by atoms with Crippen molar-refractivity contribution in [1.29, 1.82) is 0 Å². The van der Waals surface area contributed by atoms with E-state index < -0.39 is 5.91 Å². The summed E-state index contributed by atoms with van der Waals surface area (Å²) in [5.74, 6) is -0.532. The minimum Gasteiger partial charge on any atom is -0.398 e. The summed E-state index contributed by atoms with van der Waals surface area (Å²) in [7, 11) is 0. The Morgan fingerprint density at radius 3 is 2.32 bits per heavy atom. The molecular weight excluding hydrogens is 330 g/mol. The van der Waals surface area contributed by atoms with Gasteiger partial charge < -0.3 is 16.2 Å². The van der Waals surface area contributed by atoms with E-state index >= 15 is 0 Å². The molecule has 0 atom stereocenters. The smallest absolute Gasteiger partial charge is 0.250 e. The first kappa shape index (κ1) is 16.9. The molecule has 1 amide bonds. The van der Waals surface area contributed by atoms with Crippen molar-refractivity contribution < 1.29 is 4.79 Å². The first-order valence-corrected chi connectivity index (χ1v) is 9.01. The number of amides is 1. The lowest BCUT2D eigenvalue weighted by molar-refractivity contribution is 0.100. The Kier molecular flexibility index (Phi) is 4.95. The molecule has 0 aromatic heterocycles. The fourth-order valence-corrected chi connectivity index (χ4v) is 3.12. The van der Waals surface area contributed by atoms with E-state index in [2.05, 4.69) is 4.72 Å². The quantitative estimate of drug-likeness (QED) is 0.471. The number of hydrogen-bond acceptors (Lipinski definition) is 4. The van der Waals surface area contributed by atoms with Crippen molar-refractivity contribution in [1.82, 2.24) is 0 Å². The molecule has 25 heavy (non-hydrogen) atoms. The first-order chi connectivity index (χ1) is 12.1. The van der Waals surface area contributed by atoms with E-state index in [0.29, 0.717) is 11.3 Å². The molecule has 5 N–H and O–H groups in total. The van der Waals surface area contributed by atoms with Crippen LogP contribution in [0, 0.1) is 0 Å². The summed E-state index contributed by atoms with van der Waals surface area (Å²) in [5, 5.41) is 0. The van der Waals surface area contributed by atoms with Crippen LogP contribution in [0.25, 0.3) is 22.3 Å². The van der Waals surface area contributed by atoms with E-state index in [4.69, 9.17) is 11.5 Å². The highest BCUT2D eigenvalue weighted by Gasteiger charge is 2.15. The third kappa shape index (κ3) is 3.61. The van der Waals surface area contributed by atoms with Gasteiger partial charge in [0.15, 0.2) is 0 Å². The van der Waals surface area contributed by atoms with Gasteiger partial charge in [-0.1, -0.05) is 54.4 Å². The zero-order valence-electron chi connectivity index (χ0n) is 13.8. The highest BCUT2D eigenvalue weighted by Crippen LogP contribution is 2.35. The van der Waals surface area contributed by atoms with E-state index in [9.17, 15) is 4.79 Å². The summed E-state index contributed by atoms with van der Waals surface area (Å²) < 4.78 is 3.21. The van der Waals surface area contributed by atoms with Crippen LogP contribution in [-0.4, -0.2) is 12.2 Å². The third-order valence-corrected chi connectivity index (χ3v) is 4.39. The molecule has 0 fully saturated rings. The molecule has 3 aromatic carbocycles. The summed E-state index contributed by atoms with van der Waals surface area (Å²) in [6, 6.07) is 21.5. The van der Waals surface area contributed by atoms with Gasteiger partial charge in [0.2, 0.25) is 0 Å². The van der Waals surface area contributed by atoms with Crippen LogP contribution in [0.2, 0.25) is 0 Å². The zero-order valence-corrected chi connectivity index (χ0v) is 14.6. The number of benzene rings is 3. The number of hydrogen-bond donors (Lipinski definition) is 3. The Morgan fingerprint density at radius 1 is 0.920 bits per heavy atom. The van der Waals surface area contributed by atoms with E-state index in [0.717, 1.165) is 27.9 Å². The highest BCUT2D eigenvalue weighted by atomic mass is 32.2. The third-order valence-electron chi connectivity index (χ3n) is 3.95. The zero-order chi connectivity index (χ0) is 17.8.